The fraction of sp³-hybridized carbons (Fsp3) is 0.143. The number of hydrogen-bond acceptors (Lipinski definition) is 4. The van der Waals surface area contributed by atoms with Gasteiger partial charge in [-0.15, -0.1) is 0 Å². The Morgan fingerprint density at radius 2 is 2.09 bits per heavy atom. The van der Waals surface area contributed by atoms with E-state index in [4.69, 9.17) is 22.7 Å². The smallest absolute Gasteiger partial charge is 0.293 e. The molecule has 3 N–H and O–H groups in total. The number of aromatic amines is 2. The highest BCUT2D eigenvalue weighted by Crippen LogP contribution is 2.21. The highest BCUT2D eigenvalue weighted by atomic mass is 16.4. The summed E-state index contributed by atoms with van der Waals surface area (Å²) in [5.41, 5.74) is 1.11. The van der Waals surface area contributed by atoms with Gasteiger partial charge in [0.05, 0.1) is 12.6 Å². The van der Waals surface area contributed by atoms with Crippen LogP contribution in [0.2, 0.25) is 0 Å². The number of nitrogens with zero attached hydrogens (tertiary/aromatic N) is 4. The Morgan fingerprint density at radius 3 is 2.41 bits per heavy atom. The van der Waals surface area contributed by atoms with Gasteiger partial charge >= 0.3 is 0 Å². The van der Waals surface area contributed by atoms with Gasteiger partial charge in [-0.05, 0) is 19.1 Å². The summed E-state index contributed by atoms with van der Waals surface area (Å²) < 4.78 is 4.73. The molecule has 8 heteroatoms. The molecule has 112 valence electrons. The molecule has 3 aromatic heterocycles. The minimum atomic E-state index is -0.00694. The number of H-pyrrole nitrogens is 2. The lowest BCUT2D eigenvalue weighted by Gasteiger charge is -1.79. The van der Waals surface area contributed by atoms with Crippen LogP contribution in [0.1, 0.15) is 11.5 Å². The molecule has 0 aromatic carbocycles. The molecule has 0 bridgehead atoms. The molecule has 8 nitrogen and oxygen atoms in total. The summed E-state index contributed by atoms with van der Waals surface area (Å²) in [6.45, 7) is 15.0. The number of aliphatic hydroxyl groups is 1. The molecule has 0 atom stereocenters. The van der Waals surface area contributed by atoms with Crippen molar-refractivity contribution in [1.82, 2.24) is 19.9 Å². The van der Waals surface area contributed by atoms with Crippen LogP contribution >= 0.6 is 0 Å². The predicted octanol–water partition coefficient (Wildman–Crippen LogP) is 3.00. The lowest BCUT2D eigenvalue weighted by atomic mass is 10.5. The first-order chi connectivity index (χ1) is 10.7. The van der Waals surface area contributed by atoms with Gasteiger partial charge in [0.2, 0.25) is 0 Å². The minimum absolute atomic E-state index is 0.00694. The Labute approximate surface area is 127 Å². The average Bonchev–Trinajstić information content (AvgIpc) is 3.30. The Morgan fingerprint density at radius 1 is 1.27 bits per heavy atom. The van der Waals surface area contributed by atoms with E-state index in [1.54, 1.807) is 24.7 Å². The van der Waals surface area contributed by atoms with Gasteiger partial charge in [0.25, 0.3) is 18.0 Å². The van der Waals surface area contributed by atoms with E-state index in [0.717, 1.165) is 5.69 Å². The van der Waals surface area contributed by atoms with Crippen LogP contribution in [0, 0.1) is 20.1 Å². The largest absolute Gasteiger partial charge is 0.467 e. The van der Waals surface area contributed by atoms with E-state index in [1.165, 1.54) is 12.6 Å². The highest BCUT2D eigenvalue weighted by Gasteiger charge is 2.01. The monoisotopic (exact) mass is 298 g/mol. The molecule has 0 amide bonds. The van der Waals surface area contributed by atoms with E-state index in [2.05, 4.69) is 29.6 Å². The second-order valence-corrected chi connectivity index (χ2v) is 3.77. The predicted molar refractivity (Wildman–Crippen MR) is 79.1 cm³/mol. The van der Waals surface area contributed by atoms with Crippen LogP contribution < -0.4 is 0 Å². The Bertz CT molecular complexity index is 688. The van der Waals surface area contributed by atoms with Gasteiger partial charge in [0, 0.05) is 11.9 Å². The Balaban J connectivity index is 0.000000169. The van der Waals surface area contributed by atoms with Crippen molar-refractivity contribution in [3.8, 4) is 0 Å². The van der Waals surface area contributed by atoms with Crippen molar-refractivity contribution in [1.29, 1.82) is 0 Å². The van der Waals surface area contributed by atoms with Crippen LogP contribution in [0.3, 0.4) is 0 Å². The van der Waals surface area contributed by atoms with Crippen LogP contribution in [0.5, 0.6) is 0 Å². The first-order valence-corrected chi connectivity index (χ1v) is 6.07. The topological polar surface area (TPSA) is 99.5 Å². The zero-order chi connectivity index (χ0) is 16.2. The number of nitrogens with one attached hydrogen (secondary N) is 2. The summed E-state index contributed by atoms with van der Waals surface area (Å²) in [6.07, 6.45) is 6.31. The van der Waals surface area contributed by atoms with Gasteiger partial charge in [0.15, 0.2) is 0 Å². The molecule has 0 saturated carbocycles. The van der Waals surface area contributed by atoms with E-state index in [1.807, 2.05) is 6.92 Å². The van der Waals surface area contributed by atoms with E-state index >= 15 is 0 Å². The first-order valence-electron chi connectivity index (χ1n) is 6.07. The van der Waals surface area contributed by atoms with Gasteiger partial charge in [0.1, 0.15) is 12.4 Å². The molecule has 0 unspecified atom stereocenters. The number of imidazole rings is 2. The third kappa shape index (κ3) is 5.74. The summed E-state index contributed by atoms with van der Waals surface area (Å²) >= 11 is 0. The molecule has 3 rings (SSSR count). The number of hydrogen-bond donors (Lipinski definition) is 3. The second-order valence-electron chi connectivity index (χ2n) is 3.77. The summed E-state index contributed by atoms with van der Waals surface area (Å²) in [7, 11) is 0. The Kier molecular flexibility index (Phi) is 7.23. The van der Waals surface area contributed by atoms with Gasteiger partial charge in [-0.2, -0.15) is 0 Å². The second kappa shape index (κ2) is 9.53. The van der Waals surface area contributed by atoms with Crippen LogP contribution in [-0.2, 0) is 6.61 Å². The SMILES string of the molecule is Cc1cnc[nH]1.OCc1ccco1.[C-]#[N+]c1nc[nH]c1[N+]#[C-]. The van der Waals surface area contributed by atoms with Crippen LogP contribution in [0.4, 0.5) is 11.6 Å². The van der Waals surface area contributed by atoms with Gasteiger partial charge in [-0.25, -0.2) is 4.98 Å². The normalized spacial score (nSPS) is 8.55. The lowest BCUT2D eigenvalue weighted by molar-refractivity contribution is 0.247. The van der Waals surface area contributed by atoms with Crippen LogP contribution in [-0.4, -0.2) is 25.0 Å². The third-order valence-corrected chi connectivity index (χ3v) is 2.19. The van der Waals surface area contributed by atoms with Crippen molar-refractivity contribution in [3.63, 3.8) is 0 Å². The minimum Gasteiger partial charge on any atom is -0.467 e. The van der Waals surface area contributed by atoms with Crippen molar-refractivity contribution in [2.24, 2.45) is 0 Å². The molecule has 0 aliphatic carbocycles. The molecular weight excluding hydrogens is 284 g/mol. The van der Waals surface area contributed by atoms with E-state index in [0.29, 0.717) is 5.76 Å². The summed E-state index contributed by atoms with van der Waals surface area (Å²) in [4.78, 5) is 18.8. The number of furan rings is 1. The molecule has 0 aliphatic rings. The molecule has 0 spiro atoms. The molecule has 3 heterocycles. The molecule has 0 radical (unpaired) electrons. The molecule has 0 fully saturated rings. The summed E-state index contributed by atoms with van der Waals surface area (Å²) in [5, 5.41) is 8.33. The Hall–Kier alpha value is -3.36. The van der Waals surface area contributed by atoms with Gasteiger partial charge < -0.3 is 24.2 Å². The number of aliphatic hydroxyl groups excluding tert-OH is 1. The van der Waals surface area contributed by atoms with Crippen molar-refractivity contribution < 1.29 is 9.52 Å². The zero-order valence-corrected chi connectivity index (χ0v) is 11.8. The van der Waals surface area contributed by atoms with Gasteiger partial charge in [-0.1, -0.05) is 18.1 Å². The summed E-state index contributed by atoms with van der Waals surface area (Å²) in [6, 6.07) is 3.46. The molecular formula is C14H14N6O2. The fourth-order valence-corrected chi connectivity index (χ4v) is 1.17. The highest BCUT2D eigenvalue weighted by molar-refractivity contribution is 5.60. The third-order valence-electron chi connectivity index (χ3n) is 2.19. The van der Waals surface area contributed by atoms with Crippen LogP contribution in [0.25, 0.3) is 9.69 Å². The molecule has 0 aliphatic heterocycles. The van der Waals surface area contributed by atoms with E-state index < -0.39 is 0 Å². The van der Waals surface area contributed by atoms with Gasteiger partial charge in [-0.3, -0.25) is 4.98 Å². The van der Waals surface area contributed by atoms with Crippen molar-refractivity contribution in [2.75, 3.05) is 0 Å². The maximum absolute atomic E-state index is 8.33. The number of aromatic nitrogens is 4. The van der Waals surface area contributed by atoms with Crippen molar-refractivity contribution in [3.05, 3.63) is 71.5 Å². The maximum Gasteiger partial charge on any atom is 0.293 e. The standard InChI is InChI=1S/C5H2N4.C5H6O2.C4H6N2/c1-6-4-5(7-2)9-3-8-4;6-4-5-2-1-3-7-5;1-4-2-5-3-6-4/h3H,(H,8,9);1-3,6H,4H2;2-3H,1H3,(H,5,6). The van der Waals surface area contributed by atoms with E-state index in [-0.39, 0.29) is 18.2 Å². The van der Waals surface area contributed by atoms with E-state index in [9.17, 15) is 0 Å². The average molecular weight is 298 g/mol. The zero-order valence-electron chi connectivity index (χ0n) is 11.8. The van der Waals surface area contributed by atoms with Crippen LogP contribution in [0.15, 0.2) is 41.7 Å². The first kappa shape index (κ1) is 16.7. The lowest BCUT2D eigenvalue weighted by Crippen LogP contribution is -1.72. The number of rotatable bonds is 1. The molecule has 0 saturated heterocycles. The van der Waals surface area contributed by atoms with Crippen molar-refractivity contribution >= 4 is 11.6 Å². The molecule has 3 aromatic rings. The molecule has 22 heavy (non-hydrogen) atoms. The quantitative estimate of drug-likeness (QED) is 0.601. The van der Waals surface area contributed by atoms with Crippen molar-refractivity contribution in [2.45, 2.75) is 13.5 Å². The maximum atomic E-state index is 8.33. The number of aryl methyl sites for hydroxylation is 1. The fourth-order valence-electron chi connectivity index (χ4n) is 1.17. The summed E-state index contributed by atoms with van der Waals surface area (Å²) in [5.74, 6) is 0.968.